The molecule has 0 saturated heterocycles. The molecule has 1 aromatic heterocycles. The van der Waals surface area contributed by atoms with Crippen LogP contribution in [-0.4, -0.2) is 18.0 Å². The molecule has 2 rings (SSSR count). The van der Waals surface area contributed by atoms with Gasteiger partial charge in [-0.3, -0.25) is 9.59 Å². The number of thiophene rings is 1. The van der Waals surface area contributed by atoms with Gasteiger partial charge in [-0.1, -0.05) is 26.0 Å². The molecule has 0 saturated carbocycles. The summed E-state index contributed by atoms with van der Waals surface area (Å²) in [5.41, 5.74) is 2.80. The first-order valence-corrected chi connectivity index (χ1v) is 8.51. The van der Waals surface area contributed by atoms with Crippen LogP contribution in [0.2, 0.25) is 0 Å². The molecular weight excluding hydrogens is 310 g/mol. The summed E-state index contributed by atoms with van der Waals surface area (Å²) in [5, 5.41) is 6.55. The van der Waals surface area contributed by atoms with E-state index in [4.69, 9.17) is 4.74 Å². The topological polar surface area (TPSA) is 55.4 Å². The maximum atomic E-state index is 12.1. The summed E-state index contributed by atoms with van der Waals surface area (Å²) in [6.45, 7) is 5.80. The normalized spacial score (nSPS) is 12.0. The van der Waals surface area contributed by atoms with Crippen LogP contribution in [0.15, 0.2) is 41.1 Å². The maximum absolute atomic E-state index is 12.1. The Hall–Kier alpha value is -2.14. The molecule has 2 aromatic rings. The fraction of sp³-hybridized carbons (Fsp3) is 0.333. The van der Waals surface area contributed by atoms with Gasteiger partial charge in [-0.15, -0.1) is 0 Å². The van der Waals surface area contributed by atoms with Gasteiger partial charge in [0, 0.05) is 5.69 Å². The average molecular weight is 331 g/mol. The zero-order chi connectivity index (χ0) is 16.8. The average Bonchev–Trinajstić information content (AvgIpc) is 3.00. The van der Waals surface area contributed by atoms with E-state index in [1.165, 1.54) is 16.9 Å². The van der Waals surface area contributed by atoms with Crippen LogP contribution in [0.4, 0.5) is 5.69 Å². The van der Waals surface area contributed by atoms with Gasteiger partial charge in [0.1, 0.15) is 0 Å². The molecule has 122 valence electrons. The maximum Gasteiger partial charge on any atom is 0.311 e. The minimum atomic E-state index is -0.828. The highest BCUT2D eigenvalue weighted by molar-refractivity contribution is 7.07. The zero-order valence-electron chi connectivity index (χ0n) is 13.5. The summed E-state index contributed by atoms with van der Waals surface area (Å²) < 4.78 is 5.17. The molecule has 0 bridgehead atoms. The molecule has 1 atom stereocenters. The van der Waals surface area contributed by atoms with Crippen LogP contribution in [0.5, 0.6) is 0 Å². The second-order valence-electron chi connectivity index (χ2n) is 5.71. The number of hydrogen-bond acceptors (Lipinski definition) is 4. The van der Waals surface area contributed by atoms with Crippen LogP contribution in [0.25, 0.3) is 0 Å². The summed E-state index contributed by atoms with van der Waals surface area (Å²) in [6.07, 6.45) is -0.643. The molecule has 0 aliphatic carbocycles. The Bertz CT molecular complexity index is 647. The highest BCUT2D eigenvalue weighted by Gasteiger charge is 2.18. The van der Waals surface area contributed by atoms with E-state index in [1.54, 1.807) is 6.92 Å². The molecule has 0 spiro atoms. The molecule has 0 aliphatic heterocycles. The van der Waals surface area contributed by atoms with Gasteiger partial charge < -0.3 is 10.1 Å². The van der Waals surface area contributed by atoms with Crippen LogP contribution in [0.3, 0.4) is 0 Å². The van der Waals surface area contributed by atoms with E-state index in [2.05, 4.69) is 19.2 Å². The van der Waals surface area contributed by atoms with Crippen LogP contribution in [0, 0.1) is 0 Å². The standard InChI is InChI=1S/C18H21NO3S/c1-12(2)15-4-6-16(7-5-15)19-18(21)13(3)22-17(20)10-14-8-9-23-11-14/h4-9,11-13H,10H2,1-3H3,(H,19,21)/t13-/m0/s1. The highest BCUT2D eigenvalue weighted by Crippen LogP contribution is 2.17. The van der Waals surface area contributed by atoms with Gasteiger partial charge in [0.05, 0.1) is 6.42 Å². The van der Waals surface area contributed by atoms with Gasteiger partial charge in [-0.2, -0.15) is 11.3 Å². The van der Waals surface area contributed by atoms with Gasteiger partial charge in [-0.05, 0) is 52.9 Å². The van der Waals surface area contributed by atoms with Crippen molar-refractivity contribution in [3.8, 4) is 0 Å². The number of esters is 1. The van der Waals surface area contributed by atoms with Gasteiger partial charge >= 0.3 is 5.97 Å². The van der Waals surface area contributed by atoms with E-state index in [-0.39, 0.29) is 12.3 Å². The number of amides is 1. The minimum Gasteiger partial charge on any atom is -0.452 e. The summed E-state index contributed by atoms with van der Waals surface area (Å²) >= 11 is 1.52. The Morgan fingerprint density at radius 3 is 2.39 bits per heavy atom. The van der Waals surface area contributed by atoms with E-state index in [9.17, 15) is 9.59 Å². The predicted molar refractivity (Wildman–Crippen MR) is 92.7 cm³/mol. The molecule has 0 fully saturated rings. The van der Waals surface area contributed by atoms with Crippen molar-refractivity contribution in [2.75, 3.05) is 5.32 Å². The van der Waals surface area contributed by atoms with E-state index in [1.807, 2.05) is 41.1 Å². The van der Waals surface area contributed by atoms with E-state index in [0.717, 1.165) is 5.56 Å². The van der Waals surface area contributed by atoms with Crippen LogP contribution in [-0.2, 0) is 20.7 Å². The minimum absolute atomic E-state index is 0.185. The monoisotopic (exact) mass is 331 g/mol. The van der Waals surface area contributed by atoms with Crippen molar-refractivity contribution in [3.63, 3.8) is 0 Å². The lowest BCUT2D eigenvalue weighted by Crippen LogP contribution is -2.30. The van der Waals surface area contributed by atoms with Gasteiger partial charge in [0.25, 0.3) is 5.91 Å². The number of carbonyl (C=O) groups excluding carboxylic acids is 2. The molecule has 1 amide bonds. The number of carbonyl (C=O) groups is 2. The van der Waals surface area contributed by atoms with Crippen LogP contribution >= 0.6 is 11.3 Å². The third-order valence-electron chi connectivity index (χ3n) is 3.45. The van der Waals surface area contributed by atoms with Crippen molar-refractivity contribution < 1.29 is 14.3 Å². The number of rotatable bonds is 6. The Morgan fingerprint density at radius 2 is 1.83 bits per heavy atom. The first kappa shape index (κ1) is 17.2. The van der Waals surface area contributed by atoms with Crippen molar-refractivity contribution in [2.45, 2.75) is 39.2 Å². The molecule has 4 nitrogen and oxygen atoms in total. The first-order valence-electron chi connectivity index (χ1n) is 7.57. The lowest BCUT2D eigenvalue weighted by atomic mass is 10.0. The lowest BCUT2D eigenvalue weighted by molar-refractivity contribution is -0.152. The van der Waals surface area contributed by atoms with Crippen molar-refractivity contribution >= 4 is 28.9 Å². The van der Waals surface area contributed by atoms with Gasteiger partial charge in [0.2, 0.25) is 0 Å². The number of anilines is 1. The zero-order valence-corrected chi connectivity index (χ0v) is 14.4. The fourth-order valence-electron chi connectivity index (χ4n) is 2.05. The smallest absolute Gasteiger partial charge is 0.311 e. The lowest BCUT2D eigenvalue weighted by Gasteiger charge is -2.14. The summed E-state index contributed by atoms with van der Waals surface area (Å²) in [4.78, 5) is 23.9. The van der Waals surface area contributed by atoms with Crippen molar-refractivity contribution in [2.24, 2.45) is 0 Å². The van der Waals surface area contributed by atoms with Crippen molar-refractivity contribution in [1.82, 2.24) is 0 Å². The molecule has 1 aromatic carbocycles. The van der Waals surface area contributed by atoms with Gasteiger partial charge in [-0.25, -0.2) is 0 Å². The first-order chi connectivity index (χ1) is 11.0. The highest BCUT2D eigenvalue weighted by atomic mass is 32.1. The third kappa shape index (κ3) is 5.21. The molecule has 0 aliphatic rings. The Balaban J connectivity index is 1.85. The Morgan fingerprint density at radius 1 is 1.13 bits per heavy atom. The molecule has 1 heterocycles. The Labute approximate surface area is 140 Å². The largest absolute Gasteiger partial charge is 0.452 e. The number of hydrogen-bond donors (Lipinski definition) is 1. The molecule has 5 heteroatoms. The third-order valence-corrected chi connectivity index (χ3v) is 4.18. The predicted octanol–water partition coefficient (Wildman–Crippen LogP) is 3.98. The number of benzene rings is 1. The number of ether oxygens (including phenoxy) is 1. The quantitative estimate of drug-likeness (QED) is 0.815. The van der Waals surface area contributed by atoms with Crippen molar-refractivity contribution in [3.05, 3.63) is 52.2 Å². The molecule has 0 radical (unpaired) electrons. The van der Waals surface area contributed by atoms with Crippen LogP contribution in [0.1, 0.15) is 37.8 Å². The molecule has 0 unspecified atom stereocenters. The SMILES string of the molecule is CC(C)c1ccc(NC(=O)[C@H](C)OC(=O)Cc2ccsc2)cc1. The second kappa shape index (κ2) is 7.92. The van der Waals surface area contributed by atoms with E-state index < -0.39 is 12.1 Å². The molecule has 23 heavy (non-hydrogen) atoms. The molecule has 1 N–H and O–H groups in total. The fourth-order valence-corrected chi connectivity index (χ4v) is 2.72. The number of nitrogens with one attached hydrogen (secondary N) is 1. The molecular formula is C18H21NO3S. The summed E-state index contributed by atoms with van der Waals surface area (Å²) in [7, 11) is 0. The Kier molecular flexibility index (Phi) is 5.93. The summed E-state index contributed by atoms with van der Waals surface area (Å²) in [6, 6.07) is 9.54. The van der Waals surface area contributed by atoms with E-state index in [0.29, 0.717) is 11.6 Å². The van der Waals surface area contributed by atoms with Crippen molar-refractivity contribution in [1.29, 1.82) is 0 Å². The van der Waals surface area contributed by atoms with Gasteiger partial charge in [0.15, 0.2) is 6.10 Å². The second-order valence-corrected chi connectivity index (χ2v) is 6.49. The van der Waals surface area contributed by atoms with E-state index >= 15 is 0 Å². The van der Waals surface area contributed by atoms with Crippen LogP contribution < -0.4 is 5.32 Å². The summed E-state index contributed by atoms with van der Waals surface area (Å²) in [5.74, 6) is -0.293.